The van der Waals surface area contributed by atoms with Crippen molar-refractivity contribution in [3.63, 3.8) is 0 Å². The van der Waals surface area contributed by atoms with E-state index in [9.17, 15) is 9.59 Å². The van der Waals surface area contributed by atoms with Crippen molar-refractivity contribution in [2.24, 2.45) is 0 Å². The monoisotopic (exact) mass is 471 g/mol. The zero-order valence-corrected chi connectivity index (χ0v) is 20.1. The third-order valence-electron chi connectivity index (χ3n) is 5.04. The summed E-state index contributed by atoms with van der Waals surface area (Å²) < 4.78 is 1.96. The van der Waals surface area contributed by atoms with E-state index in [1.165, 1.54) is 11.8 Å². The predicted octanol–water partition coefficient (Wildman–Crippen LogP) is 4.87. The second-order valence-corrected chi connectivity index (χ2v) is 8.86. The molecule has 1 unspecified atom stereocenters. The van der Waals surface area contributed by atoms with E-state index in [0.717, 1.165) is 11.5 Å². The van der Waals surface area contributed by atoms with Crippen molar-refractivity contribution in [2.45, 2.75) is 31.5 Å². The van der Waals surface area contributed by atoms with Gasteiger partial charge in [-0.15, -0.1) is 10.2 Å². The minimum atomic E-state index is -0.0658. The molecule has 0 saturated heterocycles. The highest BCUT2D eigenvalue weighted by atomic mass is 35.5. The van der Waals surface area contributed by atoms with Crippen molar-refractivity contribution in [3.8, 4) is 5.69 Å². The number of nitrogens with zero attached hydrogens (tertiary/aromatic N) is 4. The van der Waals surface area contributed by atoms with Gasteiger partial charge in [-0.2, -0.15) is 0 Å². The fourth-order valence-corrected chi connectivity index (χ4v) is 3.89. The molecule has 0 aliphatic heterocycles. The number of carbonyl (C=O) groups is 2. The summed E-state index contributed by atoms with van der Waals surface area (Å²) in [5.74, 6) is 0.895. The minimum absolute atomic E-state index is 0.0223. The average Bonchev–Trinajstić information content (AvgIpc) is 3.21. The molecule has 1 amide bonds. The van der Waals surface area contributed by atoms with Crippen LogP contribution in [-0.4, -0.2) is 51.2 Å². The van der Waals surface area contributed by atoms with Gasteiger partial charge in [0.2, 0.25) is 5.91 Å². The van der Waals surface area contributed by atoms with Crippen LogP contribution in [0.3, 0.4) is 0 Å². The maximum absolute atomic E-state index is 12.8. The Labute approximate surface area is 197 Å². The molecule has 0 spiro atoms. The number of ketones is 1. The molecule has 0 radical (unpaired) electrons. The number of aromatic nitrogens is 3. The Kier molecular flexibility index (Phi) is 8.06. The lowest BCUT2D eigenvalue weighted by molar-refractivity contribution is -0.115. The lowest BCUT2D eigenvalue weighted by Gasteiger charge is -2.20. The molecule has 1 heterocycles. The van der Waals surface area contributed by atoms with Crippen molar-refractivity contribution in [1.82, 2.24) is 19.7 Å². The number of amides is 1. The molecule has 0 aliphatic rings. The van der Waals surface area contributed by atoms with Crippen LogP contribution in [0.5, 0.6) is 0 Å². The third-order valence-corrected chi connectivity index (χ3v) is 6.22. The second kappa shape index (κ2) is 10.8. The van der Waals surface area contributed by atoms with Gasteiger partial charge >= 0.3 is 0 Å². The number of halogens is 1. The van der Waals surface area contributed by atoms with Gasteiger partial charge < -0.3 is 5.32 Å². The molecular weight excluding hydrogens is 446 g/mol. The number of hydrogen-bond donors (Lipinski definition) is 1. The van der Waals surface area contributed by atoms with Crippen molar-refractivity contribution >= 4 is 40.7 Å². The summed E-state index contributed by atoms with van der Waals surface area (Å²) in [5.41, 5.74) is 2.13. The summed E-state index contributed by atoms with van der Waals surface area (Å²) >= 11 is 7.40. The molecule has 1 atom stereocenters. The number of anilines is 1. The van der Waals surface area contributed by atoms with Crippen molar-refractivity contribution < 1.29 is 9.59 Å². The van der Waals surface area contributed by atoms with E-state index in [2.05, 4.69) is 27.3 Å². The van der Waals surface area contributed by atoms with Crippen LogP contribution in [0.4, 0.5) is 5.69 Å². The number of carbonyl (C=O) groups excluding carboxylic acids is 2. The summed E-state index contributed by atoms with van der Waals surface area (Å²) in [6, 6.07) is 14.4. The first-order chi connectivity index (χ1) is 15.3. The summed E-state index contributed by atoms with van der Waals surface area (Å²) in [7, 11) is 3.96. The van der Waals surface area contributed by atoms with Crippen LogP contribution in [0.2, 0.25) is 5.02 Å². The molecule has 9 heteroatoms. The molecule has 168 valence electrons. The SMILES string of the molecule is CCC(=O)Nc1ccc(C(=O)CSc2nnc(C(C)N(C)C)n2-c2ccc(Cl)cc2)cc1. The fourth-order valence-electron chi connectivity index (χ4n) is 2.91. The van der Waals surface area contributed by atoms with E-state index < -0.39 is 0 Å². The number of nitrogens with one attached hydrogen (secondary N) is 1. The molecule has 1 aromatic heterocycles. The number of benzene rings is 2. The van der Waals surface area contributed by atoms with Crippen LogP contribution in [0.25, 0.3) is 5.69 Å². The molecule has 0 fully saturated rings. The minimum Gasteiger partial charge on any atom is -0.326 e. The first-order valence-electron chi connectivity index (χ1n) is 10.2. The Morgan fingerprint density at radius 1 is 1.09 bits per heavy atom. The van der Waals surface area contributed by atoms with Gasteiger partial charge in [-0.1, -0.05) is 30.3 Å². The average molecular weight is 472 g/mol. The lowest BCUT2D eigenvalue weighted by atomic mass is 10.1. The van der Waals surface area contributed by atoms with Crippen LogP contribution in [0, 0.1) is 0 Å². The van der Waals surface area contributed by atoms with Gasteiger partial charge in [-0.25, -0.2) is 0 Å². The molecule has 32 heavy (non-hydrogen) atoms. The van der Waals surface area contributed by atoms with E-state index in [1.54, 1.807) is 31.2 Å². The Bertz CT molecular complexity index is 1080. The Balaban J connectivity index is 1.79. The van der Waals surface area contributed by atoms with Gasteiger partial charge in [0.15, 0.2) is 16.8 Å². The first kappa shape index (κ1) is 24.0. The molecule has 1 N–H and O–H groups in total. The zero-order chi connectivity index (χ0) is 23.3. The maximum atomic E-state index is 12.8. The van der Waals surface area contributed by atoms with E-state index in [-0.39, 0.29) is 23.5 Å². The highest BCUT2D eigenvalue weighted by Gasteiger charge is 2.21. The number of hydrogen-bond acceptors (Lipinski definition) is 6. The quantitative estimate of drug-likeness (QED) is 0.354. The molecule has 7 nitrogen and oxygen atoms in total. The van der Waals surface area contributed by atoms with Gasteiger partial charge in [0.1, 0.15) is 0 Å². The van der Waals surface area contributed by atoms with Crippen LogP contribution in [-0.2, 0) is 4.79 Å². The summed E-state index contributed by atoms with van der Waals surface area (Å²) in [5, 5.41) is 12.8. The molecule has 3 rings (SSSR count). The highest BCUT2D eigenvalue weighted by molar-refractivity contribution is 7.99. The van der Waals surface area contributed by atoms with Crippen molar-refractivity contribution in [3.05, 3.63) is 64.9 Å². The summed E-state index contributed by atoms with van der Waals surface area (Å²) in [6.45, 7) is 3.84. The normalized spacial score (nSPS) is 12.1. The van der Waals surface area contributed by atoms with Gasteiger partial charge in [-0.05, 0) is 69.6 Å². The highest BCUT2D eigenvalue weighted by Crippen LogP contribution is 2.28. The predicted molar refractivity (Wildman–Crippen MR) is 129 cm³/mol. The van der Waals surface area contributed by atoms with Gasteiger partial charge in [0.05, 0.1) is 11.8 Å². The zero-order valence-electron chi connectivity index (χ0n) is 18.5. The largest absolute Gasteiger partial charge is 0.326 e. The molecule has 0 bridgehead atoms. The summed E-state index contributed by atoms with van der Waals surface area (Å²) in [4.78, 5) is 26.3. The topological polar surface area (TPSA) is 80.1 Å². The molecule has 0 saturated carbocycles. The van der Waals surface area contributed by atoms with Gasteiger partial charge in [0, 0.05) is 28.4 Å². The Morgan fingerprint density at radius 2 is 1.75 bits per heavy atom. The van der Waals surface area contributed by atoms with Crippen LogP contribution in [0.1, 0.15) is 42.5 Å². The molecule has 0 aliphatic carbocycles. The van der Waals surface area contributed by atoms with E-state index in [4.69, 9.17) is 11.6 Å². The Hall–Kier alpha value is -2.68. The summed E-state index contributed by atoms with van der Waals surface area (Å²) in [6.07, 6.45) is 0.403. The Morgan fingerprint density at radius 3 is 2.34 bits per heavy atom. The fraction of sp³-hybridized carbons (Fsp3) is 0.304. The molecular formula is C23H26ClN5O2S. The van der Waals surface area contributed by atoms with E-state index in [0.29, 0.717) is 27.9 Å². The lowest BCUT2D eigenvalue weighted by Crippen LogP contribution is -2.20. The van der Waals surface area contributed by atoms with Gasteiger partial charge in [-0.3, -0.25) is 19.1 Å². The van der Waals surface area contributed by atoms with E-state index in [1.807, 2.05) is 42.9 Å². The molecule has 2 aromatic carbocycles. The van der Waals surface area contributed by atoms with Gasteiger partial charge in [0.25, 0.3) is 0 Å². The smallest absolute Gasteiger partial charge is 0.224 e. The van der Waals surface area contributed by atoms with Crippen LogP contribution < -0.4 is 5.32 Å². The third kappa shape index (κ3) is 5.76. The van der Waals surface area contributed by atoms with Crippen molar-refractivity contribution in [1.29, 1.82) is 0 Å². The maximum Gasteiger partial charge on any atom is 0.224 e. The molecule has 3 aromatic rings. The number of thioether (sulfide) groups is 1. The number of rotatable bonds is 9. The second-order valence-electron chi connectivity index (χ2n) is 7.48. The van der Waals surface area contributed by atoms with Crippen LogP contribution in [0.15, 0.2) is 53.7 Å². The van der Waals surface area contributed by atoms with E-state index >= 15 is 0 Å². The standard InChI is InChI=1S/C23H26ClN5O2S/c1-5-21(31)25-18-10-6-16(7-11-18)20(30)14-32-23-27-26-22(15(2)28(3)4)29(23)19-12-8-17(24)9-13-19/h6-13,15H,5,14H2,1-4H3,(H,25,31). The first-order valence-corrected chi connectivity index (χ1v) is 11.6. The van der Waals surface area contributed by atoms with Crippen LogP contribution >= 0.6 is 23.4 Å². The number of Topliss-reactive ketones (excluding diaryl/α,β-unsaturated/α-hetero) is 1. The van der Waals surface area contributed by atoms with Crippen molar-refractivity contribution in [2.75, 3.05) is 25.2 Å².